The van der Waals surface area contributed by atoms with Crippen LogP contribution in [0.5, 0.6) is 0 Å². The number of benzene rings is 2. The smallest absolute Gasteiger partial charge is 0.272 e. The highest BCUT2D eigenvalue weighted by Gasteiger charge is 2.24. The Labute approximate surface area is 172 Å². The molecule has 1 amide bonds. The van der Waals surface area contributed by atoms with E-state index in [4.69, 9.17) is 16.3 Å². The van der Waals surface area contributed by atoms with Gasteiger partial charge < -0.3 is 10.1 Å². The van der Waals surface area contributed by atoms with Gasteiger partial charge in [0.15, 0.2) is 5.69 Å². The van der Waals surface area contributed by atoms with Crippen molar-refractivity contribution in [3.8, 4) is 5.69 Å². The van der Waals surface area contributed by atoms with Crippen LogP contribution in [0.2, 0.25) is 5.02 Å². The number of carbonyl (C=O) groups is 1. The first-order valence-electron chi connectivity index (χ1n) is 8.79. The minimum atomic E-state index is -0.484. The largest absolute Gasteiger partial charge is 0.375 e. The van der Waals surface area contributed by atoms with Gasteiger partial charge in [-0.3, -0.25) is 14.9 Å². The molecule has 3 aromatic rings. The van der Waals surface area contributed by atoms with E-state index in [1.165, 1.54) is 22.9 Å². The monoisotopic (exact) mass is 414 g/mol. The Morgan fingerprint density at radius 2 is 2.00 bits per heavy atom. The molecular formula is C20H19ClN4O4. The summed E-state index contributed by atoms with van der Waals surface area (Å²) in [6, 6.07) is 14.4. The second-order valence-electron chi connectivity index (χ2n) is 6.36. The fourth-order valence-corrected chi connectivity index (χ4v) is 3.24. The molecule has 1 N–H and O–H groups in total. The number of methoxy groups -OCH3 is 1. The van der Waals surface area contributed by atoms with Gasteiger partial charge in [0.05, 0.1) is 16.7 Å². The van der Waals surface area contributed by atoms with Gasteiger partial charge in [-0.05, 0) is 25.1 Å². The average molecular weight is 415 g/mol. The van der Waals surface area contributed by atoms with E-state index < -0.39 is 16.9 Å². The van der Waals surface area contributed by atoms with Gasteiger partial charge in [-0.2, -0.15) is 5.10 Å². The summed E-state index contributed by atoms with van der Waals surface area (Å²) in [6.07, 6.45) is 1.13. The molecule has 2 atom stereocenters. The van der Waals surface area contributed by atoms with Crippen molar-refractivity contribution < 1.29 is 14.5 Å². The fraction of sp³-hybridized carbons (Fsp3) is 0.200. The number of hydrogen-bond acceptors (Lipinski definition) is 5. The van der Waals surface area contributed by atoms with E-state index in [2.05, 4.69) is 10.4 Å². The van der Waals surface area contributed by atoms with Gasteiger partial charge in [0.2, 0.25) is 0 Å². The van der Waals surface area contributed by atoms with Crippen LogP contribution in [0.3, 0.4) is 0 Å². The third-order valence-corrected chi connectivity index (χ3v) is 4.75. The first-order chi connectivity index (χ1) is 13.9. The molecule has 0 unspecified atom stereocenters. The summed E-state index contributed by atoms with van der Waals surface area (Å²) in [4.78, 5) is 23.1. The van der Waals surface area contributed by atoms with Crippen molar-refractivity contribution in [1.82, 2.24) is 15.1 Å². The molecule has 29 heavy (non-hydrogen) atoms. The maximum absolute atomic E-state index is 12.6. The average Bonchev–Trinajstić information content (AvgIpc) is 3.20. The molecule has 150 valence electrons. The number of halogens is 1. The van der Waals surface area contributed by atoms with Crippen LogP contribution in [0, 0.1) is 10.1 Å². The summed E-state index contributed by atoms with van der Waals surface area (Å²) in [7, 11) is 1.55. The highest BCUT2D eigenvalue weighted by atomic mass is 35.5. The van der Waals surface area contributed by atoms with Crippen molar-refractivity contribution in [1.29, 1.82) is 0 Å². The second-order valence-corrected chi connectivity index (χ2v) is 6.77. The number of non-ortho nitro benzene ring substituents is 1. The van der Waals surface area contributed by atoms with E-state index in [-0.39, 0.29) is 17.4 Å². The number of carbonyl (C=O) groups excluding carboxylic acids is 1. The van der Waals surface area contributed by atoms with E-state index in [1.807, 2.05) is 25.1 Å². The van der Waals surface area contributed by atoms with Crippen molar-refractivity contribution in [2.45, 2.75) is 19.1 Å². The summed E-state index contributed by atoms with van der Waals surface area (Å²) in [5.41, 5.74) is 1.38. The zero-order valence-corrected chi connectivity index (χ0v) is 16.5. The number of ether oxygens (including phenoxy) is 1. The van der Waals surface area contributed by atoms with Gasteiger partial charge in [-0.25, -0.2) is 4.68 Å². The van der Waals surface area contributed by atoms with E-state index in [1.54, 1.807) is 31.5 Å². The number of rotatable bonds is 7. The molecule has 0 radical (unpaired) electrons. The third kappa shape index (κ3) is 4.61. The van der Waals surface area contributed by atoms with E-state index >= 15 is 0 Å². The maximum atomic E-state index is 12.6. The number of nitrogens with one attached hydrogen (secondary N) is 1. The van der Waals surface area contributed by atoms with Gasteiger partial charge >= 0.3 is 0 Å². The molecular weight excluding hydrogens is 396 g/mol. The summed E-state index contributed by atoms with van der Waals surface area (Å²) in [5, 5.41) is 18.6. The van der Waals surface area contributed by atoms with E-state index in [0.717, 1.165) is 5.56 Å². The Morgan fingerprint density at radius 3 is 2.69 bits per heavy atom. The summed E-state index contributed by atoms with van der Waals surface area (Å²) < 4.78 is 6.95. The fourth-order valence-electron chi connectivity index (χ4n) is 3.00. The lowest BCUT2D eigenvalue weighted by Crippen LogP contribution is -2.38. The number of nitro groups is 1. The molecule has 0 aliphatic heterocycles. The number of aromatic nitrogens is 2. The molecule has 0 spiro atoms. The van der Waals surface area contributed by atoms with Gasteiger partial charge in [-0.1, -0.05) is 35.9 Å². The van der Waals surface area contributed by atoms with Crippen molar-refractivity contribution in [2.24, 2.45) is 0 Å². The molecule has 0 bridgehead atoms. The highest BCUT2D eigenvalue weighted by Crippen LogP contribution is 2.27. The van der Waals surface area contributed by atoms with Crippen LogP contribution >= 0.6 is 11.6 Å². The lowest BCUT2D eigenvalue weighted by atomic mass is 10.0. The standard InChI is InChI=1S/C20H19ClN4O4/c1-13(19(29-2)16-8-3-4-9-17(16)21)22-20(26)18-10-11-24(23-18)14-6-5-7-15(12-14)25(27)28/h3-13,19H,1-2H3,(H,22,26)/t13-,19-/m0/s1. The molecule has 8 nitrogen and oxygen atoms in total. The van der Waals surface area contributed by atoms with Crippen LogP contribution < -0.4 is 5.32 Å². The van der Waals surface area contributed by atoms with Crippen LogP contribution in [0.4, 0.5) is 5.69 Å². The van der Waals surface area contributed by atoms with Crippen molar-refractivity contribution in [3.05, 3.63) is 87.2 Å². The Hall–Kier alpha value is -3.23. The third-order valence-electron chi connectivity index (χ3n) is 4.41. The Kier molecular flexibility index (Phi) is 6.26. The molecule has 0 aliphatic rings. The molecule has 0 saturated heterocycles. The van der Waals surface area contributed by atoms with Crippen LogP contribution in [0.15, 0.2) is 60.8 Å². The van der Waals surface area contributed by atoms with Crippen molar-refractivity contribution in [3.63, 3.8) is 0 Å². The highest BCUT2D eigenvalue weighted by molar-refractivity contribution is 6.31. The molecule has 1 aromatic heterocycles. The molecule has 9 heteroatoms. The van der Waals surface area contributed by atoms with Crippen molar-refractivity contribution in [2.75, 3.05) is 7.11 Å². The SMILES string of the molecule is CO[C@H](c1ccccc1Cl)[C@H](C)NC(=O)c1ccn(-c2cccc([N+](=O)[O-])c2)n1. The van der Waals surface area contributed by atoms with E-state index in [0.29, 0.717) is 10.7 Å². The zero-order chi connectivity index (χ0) is 21.0. The van der Waals surface area contributed by atoms with Gasteiger partial charge in [-0.15, -0.1) is 0 Å². The van der Waals surface area contributed by atoms with Crippen molar-refractivity contribution >= 4 is 23.2 Å². The molecule has 3 rings (SSSR count). The normalized spacial score (nSPS) is 12.9. The topological polar surface area (TPSA) is 99.3 Å². The minimum Gasteiger partial charge on any atom is -0.375 e. The van der Waals surface area contributed by atoms with Crippen LogP contribution in [0.25, 0.3) is 5.69 Å². The Bertz CT molecular complexity index is 1040. The first-order valence-corrected chi connectivity index (χ1v) is 9.17. The van der Waals surface area contributed by atoms with Gasteiger partial charge in [0, 0.05) is 36.0 Å². The summed E-state index contributed by atoms with van der Waals surface area (Å²) in [6.45, 7) is 1.81. The molecule has 0 aliphatic carbocycles. The Balaban J connectivity index is 1.75. The van der Waals surface area contributed by atoms with Crippen LogP contribution in [-0.4, -0.2) is 33.8 Å². The number of nitro benzene ring substituents is 1. The quantitative estimate of drug-likeness (QED) is 0.466. The van der Waals surface area contributed by atoms with Crippen LogP contribution in [0.1, 0.15) is 29.1 Å². The lowest BCUT2D eigenvalue weighted by Gasteiger charge is -2.24. The maximum Gasteiger partial charge on any atom is 0.272 e. The molecule has 2 aromatic carbocycles. The molecule has 0 saturated carbocycles. The number of amides is 1. The summed E-state index contributed by atoms with van der Waals surface area (Å²) >= 11 is 6.25. The predicted octanol–water partition coefficient (Wildman–Crippen LogP) is 3.94. The molecule has 0 fully saturated rings. The zero-order valence-electron chi connectivity index (χ0n) is 15.8. The lowest BCUT2D eigenvalue weighted by molar-refractivity contribution is -0.384. The van der Waals surface area contributed by atoms with E-state index in [9.17, 15) is 14.9 Å². The minimum absolute atomic E-state index is 0.0553. The predicted molar refractivity (Wildman–Crippen MR) is 108 cm³/mol. The first kappa shape index (κ1) is 20.5. The number of nitrogens with zero attached hydrogens (tertiary/aromatic N) is 3. The summed E-state index contributed by atoms with van der Waals surface area (Å²) in [5.74, 6) is -0.393. The second kappa shape index (κ2) is 8.85. The number of hydrogen-bond donors (Lipinski definition) is 1. The van der Waals surface area contributed by atoms with Crippen LogP contribution in [-0.2, 0) is 4.74 Å². The van der Waals surface area contributed by atoms with Gasteiger partial charge in [0.1, 0.15) is 6.10 Å². The Morgan fingerprint density at radius 1 is 1.24 bits per heavy atom. The molecule has 1 heterocycles. The van der Waals surface area contributed by atoms with Gasteiger partial charge in [0.25, 0.3) is 11.6 Å².